The zero-order valence-corrected chi connectivity index (χ0v) is 37.7. The van der Waals surface area contributed by atoms with Gasteiger partial charge in [-0.1, -0.05) is 52.0 Å². The molecule has 326 valence electrons. The van der Waals surface area contributed by atoms with Crippen molar-refractivity contribution < 1.29 is 28.8 Å². The van der Waals surface area contributed by atoms with Gasteiger partial charge < -0.3 is 41.7 Å². The van der Waals surface area contributed by atoms with E-state index in [1.54, 1.807) is 61.3 Å². The third kappa shape index (κ3) is 9.98. The number of anilines is 2. The Kier molecular flexibility index (Phi) is 14.3. The summed E-state index contributed by atoms with van der Waals surface area (Å²) in [6.45, 7) is 11.6. The first kappa shape index (κ1) is 45.4. The summed E-state index contributed by atoms with van der Waals surface area (Å²) < 4.78 is 0. The predicted octanol–water partition coefficient (Wildman–Crippen LogP) is 3.71. The number of likely N-dealkylation sites (N-methyl/N-ethyl adjacent to an activating group) is 2. The van der Waals surface area contributed by atoms with E-state index in [1.165, 1.54) is 0 Å². The zero-order chi connectivity index (χ0) is 43.5. The molecule has 8 atom stereocenters. The molecule has 0 saturated carbocycles. The predicted molar refractivity (Wildman–Crippen MR) is 238 cm³/mol. The average molecular weight is 863 g/mol. The summed E-state index contributed by atoms with van der Waals surface area (Å²) in [5, 5.41) is 17.5. The number of benzene rings is 2. The van der Waals surface area contributed by atoms with Crippen LogP contribution in [0.25, 0.3) is 0 Å². The molecule has 4 aliphatic heterocycles. The summed E-state index contributed by atoms with van der Waals surface area (Å²) in [5.74, 6) is 0.0184. The minimum atomic E-state index is -0.689. The van der Waals surface area contributed by atoms with Crippen LogP contribution in [-0.2, 0) is 41.6 Å². The first-order valence-corrected chi connectivity index (χ1v) is 23.2. The third-order valence-corrected chi connectivity index (χ3v) is 15.0. The highest BCUT2D eigenvalue weighted by atomic mass is 32.2. The summed E-state index contributed by atoms with van der Waals surface area (Å²) in [6.07, 6.45) is 3.90. The molecule has 4 saturated heterocycles. The van der Waals surface area contributed by atoms with Crippen LogP contribution in [-0.4, -0.2) is 118 Å². The standard InChI is InChI=1S/C44H62N8O6S2/c1-25(45-7)37(53)49-31-19-21-59-33-23-43(3,4)35(51(33)41(31)57)39(55)47-29-15-11-27(12-16-29)9-10-28-13-17-30(18-14-28)48-40(56)36-44(5,6)24-34-52(36)42(58)32(20-22-60-34)50-38(54)26(2)46-8/h11-18,25-26,31-36,45-46H,9-10,19-24H2,1-8H3,(H,47,55)(H,48,56)(H,49,53)(H,50,54)/t25-,26-,31-,32-,33-,34+,35?,36+/m0/s1. The normalized spacial score (nSPS) is 26.8. The number of fused-ring (bicyclic) bond motifs is 2. The number of hydrogen-bond donors (Lipinski definition) is 6. The Morgan fingerprint density at radius 3 is 1.32 bits per heavy atom. The van der Waals surface area contributed by atoms with E-state index in [0.29, 0.717) is 48.6 Å². The van der Waals surface area contributed by atoms with Crippen molar-refractivity contribution in [3.05, 3.63) is 59.7 Å². The smallest absolute Gasteiger partial charge is 0.247 e. The number of amides is 6. The van der Waals surface area contributed by atoms with Crippen LogP contribution in [0, 0.1) is 10.8 Å². The fourth-order valence-corrected chi connectivity index (χ4v) is 11.9. The molecule has 0 bridgehead atoms. The van der Waals surface area contributed by atoms with Crippen molar-refractivity contribution in [2.45, 2.75) is 127 Å². The summed E-state index contributed by atoms with van der Waals surface area (Å²) in [4.78, 5) is 84.4. The topological polar surface area (TPSA) is 181 Å². The minimum Gasteiger partial charge on any atom is -0.343 e. The van der Waals surface area contributed by atoms with Gasteiger partial charge in [0.15, 0.2) is 0 Å². The van der Waals surface area contributed by atoms with E-state index >= 15 is 0 Å². The second-order valence-electron chi connectivity index (χ2n) is 17.9. The molecule has 14 nitrogen and oxygen atoms in total. The van der Waals surface area contributed by atoms with Crippen LogP contribution in [0.3, 0.4) is 0 Å². The van der Waals surface area contributed by atoms with Crippen molar-refractivity contribution in [2.75, 3.05) is 36.2 Å². The van der Waals surface area contributed by atoms with Gasteiger partial charge in [-0.25, -0.2) is 0 Å². The number of nitrogens with one attached hydrogen (secondary N) is 6. The van der Waals surface area contributed by atoms with Gasteiger partial charge in [-0.05, 0) is 124 Å². The van der Waals surface area contributed by atoms with Gasteiger partial charge >= 0.3 is 0 Å². The Labute approximate surface area is 362 Å². The van der Waals surface area contributed by atoms with Gasteiger partial charge in [0.05, 0.1) is 22.8 Å². The number of nitrogens with zero attached hydrogens (tertiary/aromatic N) is 2. The Morgan fingerprint density at radius 2 is 0.983 bits per heavy atom. The molecule has 1 unspecified atom stereocenters. The highest BCUT2D eigenvalue weighted by molar-refractivity contribution is 8.00. The lowest BCUT2D eigenvalue weighted by molar-refractivity contribution is -0.142. The monoisotopic (exact) mass is 862 g/mol. The molecule has 4 aliphatic rings. The van der Waals surface area contributed by atoms with E-state index in [1.807, 2.05) is 76.2 Å². The van der Waals surface area contributed by atoms with E-state index in [0.717, 1.165) is 24.0 Å². The molecule has 6 rings (SSSR count). The Hall–Kier alpha value is -4.12. The van der Waals surface area contributed by atoms with Gasteiger partial charge in [-0.15, -0.1) is 23.5 Å². The maximum absolute atomic E-state index is 13.9. The molecule has 0 spiro atoms. The van der Waals surface area contributed by atoms with E-state index in [4.69, 9.17) is 0 Å². The lowest BCUT2D eigenvalue weighted by atomic mass is 9.84. The van der Waals surface area contributed by atoms with Crippen LogP contribution < -0.4 is 31.9 Å². The van der Waals surface area contributed by atoms with E-state index < -0.39 is 47.1 Å². The molecule has 2 aromatic carbocycles. The highest BCUT2D eigenvalue weighted by Gasteiger charge is 2.56. The largest absolute Gasteiger partial charge is 0.343 e. The average Bonchev–Trinajstić information content (AvgIpc) is 3.53. The summed E-state index contributed by atoms with van der Waals surface area (Å²) in [6, 6.07) is 11.9. The molecular weight excluding hydrogens is 801 g/mol. The second-order valence-corrected chi connectivity index (χ2v) is 20.5. The molecule has 4 fully saturated rings. The van der Waals surface area contributed by atoms with Gasteiger partial charge in [0, 0.05) is 11.4 Å². The van der Waals surface area contributed by atoms with Gasteiger partial charge in [-0.3, -0.25) is 28.8 Å². The second kappa shape index (κ2) is 18.9. The van der Waals surface area contributed by atoms with Crippen LogP contribution in [0.5, 0.6) is 0 Å². The first-order valence-electron chi connectivity index (χ1n) is 21.1. The van der Waals surface area contributed by atoms with Crippen LogP contribution >= 0.6 is 23.5 Å². The van der Waals surface area contributed by atoms with Crippen LogP contribution in [0.1, 0.15) is 78.4 Å². The van der Waals surface area contributed by atoms with Gasteiger partial charge in [0.1, 0.15) is 24.2 Å². The maximum atomic E-state index is 13.9. The van der Waals surface area contributed by atoms with Crippen LogP contribution in [0.15, 0.2) is 48.5 Å². The number of hydrogen-bond acceptors (Lipinski definition) is 10. The number of aryl methyl sites for hydroxylation is 2. The third-order valence-electron chi connectivity index (χ3n) is 12.5. The minimum absolute atomic E-state index is 0.141. The quantitative estimate of drug-likeness (QED) is 0.174. The number of thioether (sulfide) groups is 2. The summed E-state index contributed by atoms with van der Waals surface area (Å²) >= 11 is 3.34. The molecule has 4 heterocycles. The Bertz CT molecular complexity index is 1790. The fraction of sp³-hybridized carbons (Fsp3) is 0.591. The van der Waals surface area contributed by atoms with Crippen LogP contribution in [0.2, 0.25) is 0 Å². The molecule has 16 heteroatoms. The first-order chi connectivity index (χ1) is 28.4. The van der Waals surface area contributed by atoms with Crippen molar-refractivity contribution in [3.63, 3.8) is 0 Å². The Morgan fingerprint density at radius 1 is 0.633 bits per heavy atom. The zero-order valence-electron chi connectivity index (χ0n) is 36.1. The molecule has 0 radical (unpaired) electrons. The Balaban J connectivity index is 1.04. The molecule has 6 N–H and O–H groups in total. The molecule has 6 amide bonds. The van der Waals surface area contributed by atoms with Crippen molar-refractivity contribution in [1.29, 1.82) is 0 Å². The molecule has 0 aromatic heterocycles. The van der Waals surface area contributed by atoms with E-state index in [9.17, 15) is 28.8 Å². The van der Waals surface area contributed by atoms with E-state index in [-0.39, 0.29) is 46.2 Å². The SMILES string of the molecule is CN[C@@H](C)C(=O)N[C@H]1CCS[C@H]2CC(C)(C)C(C(=O)Nc3ccc(CCc4ccc(NC(=O)[C@H]5N6C(=O)[C@@H](NC(=O)[C@H](C)NC)CCS[C@@H]6CC5(C)C)cc4)cc3)N2C1=O. The molecule has 60 heavy (non-hydrogen) atoms. The number of carbonyl (C=O) groups is 6. The van der Waals surface area contributed by atoms with E-state index in [2.05, 4.69) is 31.9 Å². The number of carbonyl (C=O) groups excluding carboxylic acids is 6. The van der Waals surface area contributed by atoms with Crippen molar-refractivity contribution in [1.82, 2.24) is 31.1 Å². The van der Waals surface area contributed by atoms with Crippen molar-refractivity contribution >= 4 is 70.3 Å². The molecule has 0 aliphatic carbocycles. The van der Waals surface area contributed by atoms with Crippen LogP contribution in [0.4, 0.5) is 11.4 Å². The lowest BCUT2D eigenvalue weighted by Crippen LogP contribution is -2.57. The summed E-state index contributed by atoms with van der Waals surface area (Å²) in [7, 11) is 3.40. The van der Waals surface area contributed by atoms with Crippen molar-refractivity contribution in [3.8, 4) is 0 Å². The highest BCUT2D eigenvalue weighted by Crippen LogP contribution is 2.48. The fourth-order valence-electron chi connectivity index (χ4n) is 8.78. The molecule has 2 aromatic rings. The summed E-state index contributed by atoms with van der Waals surface area (Å²) in [5.41, 5.74) is 2.55. The lowest BCUT2D eigenvalue weighted by Gasteiger charge is -2.34. The van der Waals surface area contributed by atoms with Crippen molar-refractivity contribution in [2.24, 2.45) is 10.8 Å². The number of rotatable bonds is 13. The maximum Gasteiger partial charge on any atom is 0.247 e. The van der Waals surface area contributed by atoms with Gasteiger partial charge in [-0.2, -0.15) is 0 Å². The van der Waals surface area contributed by atoms with Gasteiger partial charge in [0.25, 0.3) is 0 Å². The molecular formula is C44H62N8O6S2. The van der Waals surface area contributed by atoms with Gasteiger partial charge in [0.2, 0.25) is 35.4 Å².